The Kier molecular flexibility index (Phi) is 3.81. The number of amides is 2. The van der Waals surface area contributed by atoms with Crippen LogP contribution in [0, 0.1) is 5.92 Å². The van der Waals surface area contributed by atoms with Gasteiger partial charge in [-0.3, -0.25) is 0 Å². The average Bonchev–Trinajstić information content (AvgIpc) is 2.86. The number of thioether (sulfide) groups is 1. The Bertz CT molecular complexity index is 324. The summed E-state index contributed by atoms with van der Waals surface area (Å²) in [6.07, 6.45) is 3.15. The third-order valence-corrected chi connectivity index (χ3v) is 4.46. The van der Waals surface area contributed by atoms with Crippen molar-refractivity contribution in [1.29, 1.82) is 0 Å². The Balaban J connectivity index is 1.89. The molecule has 6 heteroatoms. The molecule has 0 radical (unpaired) electrons. The van der Waals surface area contributed by atoms with Crippen LogP contribution in [-0.2, 0) is 4.79 Å². The van der Waals surface area contributed by atoms with Gasteiger partial charge in [0.05, 0.1) is 5.88 Å². The summed E-state index contributed by atoms with van der Waals surface area (Å²) in [5, 5.41) is 11.9. The van der Waals surface area contributed by atoms with Gasteiger partial charge in [-0.05, 0) is 25.2 Å². The van der Waals surface area contributed by atoms with E-state index in [1.54, 1.807) is 0 Å². The molecule has 0 spiro atoms. The number of urea groups is 1. The van der Waals surface area contributed by atoms with E-state index in [-0.39, 0.29) is 12.1 Å². The predicted octanol–water partition coefficient (Wildman–Crippen LogP) is 1.34. The molecule has 1 aliphatic carbocycles. The number of aliphatic carboxylic acids is 1. The molecule has 2 rings (SSSR count). The lowest BCUT2D eigenvalue weighted by atomic mass is 10.1. The minimum atomic E-state index is -0.912. The summed E-state index contributed by atoms with van der Waals surface area (Å²) in [4.78, 5) is 24.4. The van der Waals surface area contributed by atoms with E-state index in [0.717, 1.165) is 19.3 Å². The van der Waals surface area contributed by atoms with Gasteiger partial charge in [0.2, 0.25) is 0 Å². The van der Waals surface area contributed by atoms with Gasteiger partial charge in [-0.1, -0.05) is 6.92 Å². The zero-order valence-electron chi connectivity index (χ0n) is 9.89. The molecule has 0 bridgehead atoms. The summed E-state index contributed by atoms with van der Waals surface area (Å²) >= 11 is 1.49. The first-order valence-corrected chi connectivity index (χ1v) is 7.11. The Morgan fingerprint density at radius 2 is 2.18 bits per heavy atom. The minimum Gasteiger partial charge on any atom is -0.480 e. The Morgan fingerprint density at radius 1 is 1.41 bits per heavy atom. The molecule has 3 atom stereocenters. The third-order valence-electron chi connectivity index (χ3n) is 3.45. The van der Waals surface area contributed by atoms with E-state index in [0.29, 0.717) is 17.5 Å². The highest BCUT2D eigenvalue weighted by molar-refractivity contribution is 7.99. The molecule has 0 aromatic carbocycles. The van der Waals surface area contributed by atoms with Crippen molar-refractivity contribution in [1.82, 2.24) is 10.2 Å². The first-order valence-electron chi connectivity index (χ1n) is 5.95. The smallest absolute Gasteiger partial charge is 0.327 e. The summed E-state index contributed by atoms with van der Waals surface area (Å²) < 4.78 is 0. The van der Waals surface area contributed by atoms with Gasteiger partial charge >= 0.3 is 12.0 Å². The Labute approximate surface area is 105 Å². The van der Waals surface area contributed by atoms with Gasteiger partial charge in [-0.2, -0.15) is 0 Å². The first-order chi connectivity index (χ1) is 8.08. The number of hydrogen-bond donors (Lipinski definition) is 2. The van der Waals surface area contributed by atoms with Crippen molar-refractivity contribution in [3.8, 4) is 0 Å². The number of carbonyl (C=O) groups excluding carboxylic acids is 1. The molecule has 2 N–H and O–H groups in total. The monoisotopic (exact) mass is 258 g/mol. The zero-order chi connectivity index (χ0) is 12.4. The summed E-state index contributed by atoms with van der Waals surface area (Å²) in [7, 11) is 0. The molecule has 2 fully saturated rings. The number of carbonyl (C=O) groups is 2. The van der Waals surface area contributed by atoms with Gasteiger partial charge in [-0.15, -0.1) is 11.8 Å². The molecule has 5 nitrogen and oxygen atoms in total. The molecule has 1 heterocycles. The van der Waals surface area contributed by atoms with Gasteiger partial charge in [0.15, 0.2) is 0 Å². The molecule has 96 valence electrons. The molecule has 1 saturated heterocycles. The van der Waals surface area contributed by atoms with Crippen LogP contribution in [0.4, 0.5) is 4.79 Å². The highest BCUT2D eigenvalue weighted by Crippen LogP contribution is 2.26. The molecule has 0 aromatic heterocycles. The van der Waals surface area contributed by atoms with Crippen molar-refractivity contribution in [3.63, 3.8) is 0 Å². The van der Waals surface area contributed by atoms with Crippen LogP contribution in [-0.4, -0.2) is 45.7 Å². The molecule has 3 unspecified atom stereocenters. The number of carboxylic acid groups (broad SMARTS) is 1. The second-order valence-electron chi connectivity index (χ2n) is 4.89. The molecular weight excluding hydrogens is 240 g/mol. The maximum Gasteiger partial charge on any atom is 0.327 e. The van der Waals surface area contributed by atoms with Crippen LogP contribution in [0.3, 0.4) is 0 Å². The topological polar surface area (TPSA) is 69.6 Å². The Hall–Kier alpha value is -0.910. The Morgan fingerprint density at radius 3 is 2.76 bits per heavy atom. The summed E-state index contributed by atoms with van der Waals surface area (Å²) in [6.45, 7) is 2.18. The average molecular weight is 258 g/mol. The van der Waals surface area contributed by atoms with Gasteiger partial charge in [0, 0.05) is 11.8 Å². The second-order valence-corrected chi connectivity index (χ2v) is 5.89. The quantitative estimate of drug-likeness (QED) is 0.784. The molecule has 17 heavy (non-hydrogen) atoms. The summed E-state index contributed by atoms with van der Waals surface area (Å²) in [5.41, 5.74) is 0. The van der Waals surface area contributed by atoms with Crippen molar-refractivity contribution < 1.29 is 14.7 Å². The lowest BCUT2D eigenvalue weighted by Gasteiger charge is -2.23. The highest BCUT2D eigenvalue weighted by atomic mass is 32.2. The van der Waals surface area contributed by atoms with Crippen LogP contribution in [0.1, 0.15) is 26.2 Å². The number of carboxylic acids is 1. The zero-order valence-corrected chi connectivity index (χ0v) is 10.7. The SMILES string of the molecule is CC1CCC(NC(=O)N2CSCC2C(=O)O)C1. The molecule has 1 saturated carbocycles. The van der Waals surface area contributed by atoms with Crippen molar-refractivity contribution in [2.24, 2.45) is 5.92 Å². The molecule has 2 amide bonds. The first kappa shape index (κ1) is 12.5. The van der Waals surface area contributed by atoms with Gasteiger partial charge in [0.1, 0.15) is 6.04 Å². The fourth-order valence-electron chi connectivity index (χ4n) is 2.44. The number of rotatable bonds is 2. The van der Waals surface area contributed by atoms with E-state index in [1.807, 2.05) is 0 Å². The van der Waals surface area contributed by atoms with Crippen molar-refractivity contribution in [2.75, 3.05) is 11.6 Å². The van der Waals surface area contributed by atoms with Gasteiger partial charge in [-0.25, -0.2) is 9.59 Å². The van der Waals surface area contributed by atoms with Crippen LogP contribution in [0.15, 0.2) is 0 Å². The molecule has 1 aliphatic heterocycles. The summed E-state index contributed by atoms with van der Waals surface area (Å²) in [6, 6.07) is -0.669. The maximum atomic E-state index is 12.0. The minimum absolute atomic E-state index is 0.220. The van der Waals surface area contributed by atoms with E-state index < -0.39 is 12.0 Å². The standard InChI is InChI=1S/C11H18N2O3S/c1-7-2-3-8(4-7)12-11(16)13-6-17-5-9(13)10(14)15/h7-9H,2-6H2,1H3,(H,12,16)(H,14,15). The van der Waals surface area contributed by atoms with E-state index in [9.17, 15) is 9.59 Å². The van der Waals surface area contributed by atoms with Crippen molar-refractivity contribution >= 4 is 23.8 Å². The number of hydrogen-bond acceptors (Lipinski definition) is 3. The van der Waals surface area contributed by atoms with Gasteiger partial charge < -0.3 is 15.3 Å². The maximum absolute atomic E-state index is 12.0. The van der Waals surface area contributed by atoms with Gasteiger partial charge in [0.25, 0.3) is 0 Å². The third kappa shape index (κ3) is 2.86. The highest BCUT2D eigenvalue weighted by Gasteiger charge is 2.35. The predicted molar refractivity (Wildman–Crippen MR) is 65.9 cm³/mol. The van der Waals surface area contributed by atoms with Crippen LogP contribution in [0.5, 0.6) is 0 Å². The molecule has 2 aliphatic rings. The second kappa shape index (κ2) is 5.16. The lowest BCUT2D eigenvalue weighted by Crippen LogP contribution is -2.49. The van der Waals surface area contributed by atoms with E-state index in [2.05, 4.69) is 12.2 Å². The fraction of sp³-hybridized carbons (Fsp3) is 0.818. The van der Waals surface area contributed by atoms with Crippen LogP contribution >= 0.6 is 11.8 Å². The van der Waals surface area contributed by atoms with E-state index in [1.165, 1.54) is 16.7 Å². The van der Waals surface area contributed by atoms with Crippen LogP contribution in [0.2, 0.25) is 0 Å². The summed E-state index contributed by atoms with van der Waals surface area (Å²) in [5.74, 6) is 0.711. The van der Waals surface area contributed by atoms with Crippen LogP contribution < -0.4 is 5.32 Å². The van der Waals surface area contributed by atoms with E-state index >= 15 is 0 Å². The molecule has 0 aromatic rings. The van der Waals surface area contributed by atoms with Crippen molar-refractivity contribution in [3.05, 3.63) is 0 Å². The largest absolute Gasteiger partial charge is 0.480 e. The normalized spacial score (nSPS) is 32.8. The fourth-order valence-corrected chi connectivity index (χ4v) is 3.59. The lowest BCUT2D eigenvalue weighted by molar-refractivity contribution is -0.140. The van der Waals surface area contributed by atoms with E-state index in [4.69, 9.17) is 5.11 Å². The van der Waals surface area contributed by atoms with Crippen molar-refractivity contribution in [2.45, 2.75) is 38.3 Å². The number of nitrogens with zero attached hydrogens (tertiary/aromatic N) is 1. The molecular formula is C11H18N2O3S. The number of nitrogens with one attached hydrogen (secondary N) is 1. The van der Waals surface area contributed by atoms with Crippen LogP contribution in [0.25, 0.3) is 0 Å².